The summed E-state index contributed by atoms with van der Waals surface area (Å²) in [6.45, 7) is 3.64. The quantitative estimate of drug-likeness (QED) is 0.761. The van der Waals surface area contributed by atoms with Gasteiger partial charge in [0.2, 0.25) is 0 Å². The van der Waals surface area contributed by atoms with Crippen LogP contribution in [0.25, 0.3) is 0 Å². The number of hydrogen-bond acceptors (Lipinski definition) is 3. The Bertz CT molecular complexity index is 314. The molecular weight excluding hydrogens is 188 g/mol. The van der Waals surface area contributed by atoms with Crippen molar-refractivity contribution >= 4 is 5.69 Å². The first-order valence-electron chi connectivity index (χ1n) is 5.58. The Balaban J connectivity index is 2.02. The summed E-state index contributed by atoms with van der Waals surface area (Å²) >= 11 is 0. The molecule has 2 rings (SSSR count). The van der Waals surface area contributed by atoms with Gasteiger partial charge < -0.3 is 15.4 Å². The molecule has 0 aromatic heterocycles. The van der Waals surface area contributed by atoms with E-state index in [2.05, 4.69) is 17.0 Å². The minimum Gasteiger partial charge on any atom is -0.490 e. The van der Waals surface area contributed by atoms with E-state index in [4.69, 9.17) is 10.5 Å². The first kappa shape index (κ1) is 10.3. The lowest BCUT2D eigenvalue weighted by Crippen LogP contribution is -2.33. The van der Waals surface area contributed by atoms with E-state index in [1.165, 1.54) is 5.69 Å². The molecule has 0 atom stereocenters. The first-order chi connectivity index (χ1) is 7.42. The lowest BCUT2D eigenvalue weighted by Gasteiger charge is -2.31. The summed E-state index contributed by atoms with van der Waals surface area (Å²) in [5.74, 6) is 1.01. The van der Waals surface area contributed by atoms with Crippen molar-refractivity contribution in [3.05, 3.63) is 24.3 Å². The number of benzene rings is 1. The summed E-state index contributed by atoms with van der Waals surface area (Å²) in [5, 5.41) is 0. The molecule has 0 spiro atoms. The molecule has 82 valence electrons. The average Bonchev–Trinajstić information content (AvgIpc) is 2.30. The van der Waals surface area contributed by atoms with Crippen LogP contribution in [0.3, 0.4) is 0 Å². The van der Waals surface area contributed by atoms with Crippen molar-refractivity contribution in [3.63, 3.8) is 0 Å². The van der Waals surface area contributed by atoms with Crippen LogP contribution in [0.4, 0.5) is 5.69 Å². The van der Waals surface area contributed by atoms with Crippen molar-refractivity contribution in [1.82, 2.24) is 0 Å². The van der Waals surface area contributed by atoms with Gasteiger partial charge in [0.15, 0.2) is 0 Å². The third-order valence-corrected chi connectivity index (χ3v) is 2.71. The standard InChI is InChI=1S/C12H18N2O/c13-7-3-4-8-14-9-10-15-12-6-2-1-5-11(12)14/h1-2,5-6H,3-4,7-10,13H2. The summed E-state index contributed by atoms with van der Waals surface area (Å²) in [5.41, 5.74) is 6.72. The van der Waals surface area contributed by atoms with Gasteiger partial charge >= 0.3 is 0 Å². The zero-order valence-corrected chi connectivity index (χ0v) is 8.98. The molecule has 1 aliphatic heterocycles. The van der Waals surface area contributed by atoms with Gasteiger partial charge in [-0.15, -0.1) is 0 Å². The molecule has 0 unspecified atom stereocenters. The van der Waals surface area contributed by atoms with Gasteiger partial charge in [-0.1, -0.05) is 12.1 Å². The van der Waals surface area contributed by atoms with Crippen LogP contribution in [0.5, 0.6) is 5.75 Å². The number of para-hydroxylation sites is 2. The molecule has 0 bridgehead atoms. The second-order valence-electron chi connectivity index (χ2n) is 3.80. The highest BCUT2D eigenvalue weighted by atomic mass is 16.5. The van der Waals surface area contributed by atoms with Gasteiger partial charge in [0.25, 0.3) is 0 Å². The van der Waals surface area contributed by atoms with Crippen molar-refractivity contribution in [2.24, 2.45) is 5.73 Å². The maximum Gasteiger partial charge on any atom is 0.142 e. The topological polar surface area (TPSA) is 38.5 Å². The molecule has 0 saturated heterocycles. The van der Waals surface area contributed by atoms with Crippen LogP contribution >= 0.6 is 0 Å². The number of nitrogens with two attached hydrogens (primary N) is 1. The molecular formula is C12H18N2O. The zero-order valence-electron chi connectivity index (χ0n) is 8.98. The van der Waals surface area contributed by atoms with Crippen LogP contribution in [0.2, 0.25) is 0 Å². The van der Waals surface area contributed by atoms with E-state index in [9.17, 15) is 0 Å². The maximum atomic E-state index is 5.59. The van der Waals surface area contributed by atoms with E-state index in [0.29, 0.717) is 0 Å². The number of hydrogen-bond donors (Lipinski definition) is 1. The second-order valence-corrected chi connectivity index (χ2v) is 3.80. The van der Waals surface area contributed by atoms with Gasteiger partial charge in [-0.3, -0.25) is 0 Å². The third kappa shape index (κ3) is 2.42. The van der Waals surface area contributed by atoms with E-state index < -0.39 is 0 Å². The van der Waals surface area contributed by atoms with Crippen molar-refractivity contribution in [1.29, 1.82) is 0 Å². The fraction of sp³-hybridized carbons (Fsp3) is 0.500. The molecule has 1 aromatic carbocycles. The van der Waals surface area contributed by atoms with E-state index in [0.717, 1.165) is 44.8 Å². The largest absolute Gasteiger partial charge is 0.490 e. The fourth-order valence-electron chi connectivity index (χ4n) is 1.91. The van der Waals surface area contributed by atoms with E-state index in [1.807, 2.05) is 12.1 Å². The van der Waals surface area contributed by atoms with Crippen LogP contribution in [-0.4, -0.2) is 26.2 Å². The van der Waals surface area contributed by atoms with Gasteiger partial charge in [0.05, 0.1) is 12.2 Å². The Morgan fingerprint density at radius 3 is 3.00 bits per heavy atom. The van der Waals surface area contributed by atoms with E-state index in [1.54, 1.807) is 0 Å². The fourth-order valence-corrected chi connectivity index (χ4v) is 1.91. The molecule has 0 aliphatic carbocycles. The maximum absolute atomic E-state index is 5.59. The third-order valence-electron chi connectivity index (χ3n) is 2.71. The van der Waals surface area contributed by atoms with Gasteiger partial charge in [0.1, 0.15) is 12.4 Å². The Kier molecular flexibility index (Phi) is 3.45. The lowest BCUT2D eigenvalue weighted by molar-refractivity contribution is 0.307. The molecule has 3 nitrogen and oxygen atoms in total. The van der Waals surface area contributed by atoms with Gasteiger partial charge in [-0.2, -0.15) is 0 Å². The first-order valence-corrected chi connectivity index (χ1v) is 5.58. The molecule has 3 heteroatoms. The average molecular weight is 206 g/mol. The predicted octanol–water partition coefficient (Wildman–Crippen LogP) is 1.62. The smallest absolute Gasteiger partial charge is 0.142 e. The number of unbranched alkanes of at least 4 members (excludes halogenated alkanes) is 1. The van der Waals surface area contributed by atoms with Gasteiger partial charge in [0, 0.05) is 6.54 Å². The summed E-state index contributed by atoms with van der Waals surface area (Å²) in [7, 11) is 0. The molecule has 0 radical (unpaired) electrons. The summed E-state index contributed by atoms with van der Waals surface area (Å²) in [6.07, 6.45) is 2.25. The number of fused-ring (bicyclic) bond motifs is 1. The van der Waals surface area contributed by atoms with Crippen LogP contribution in [0.15, 0.2) is 24.3 Å². The lowest BCUT2D eigenvalue weighted by atomic mass is 10.2. The summed E-state index contributed by atoms with van der Waals surface area (Å²) in [4.78, 5) is 2.38. The highest BCUT2D eigenvalue weighted by Gasteiger charge is 2.16. The monoisotopic (exact) mass is 206 g/mol. The SMILES string of the molecule is NCCCCN1CCOc2ccccc21. The van der Waals surface area contributed by atoms with Crippen LogP contribution < -0.4 is 15.4 Å². The van der Waals surface area contributed by atoms with Crippen LogP contribution in [0.1, 0.15) is 12.8 Å². The van der Waals surface area contributed by atoms with Gasteiger partial charge in [-0.05, 0) is 31.5 Å². The Hall–Kier alpha value is -1.22. The molecule has 15 heavy (non-hydrogen) atoms. The Morgan fingerprint density at radius 1 is 1.27 bits per heavy atom. The number of ether oxygens (including phenoxy) is 1. The number of rotatable bonds is 4. The summed E-state index contributed by atoms with van der Waals surface area (Å²) < 4.78 is 5.59. The normalized spacial score (nSPS) is 14.6. The Morgan fingerprint density at radius 2 is 2.13 bits per heavy atom. The highest BCUT2D eigenvalue weighted by molar-refractivity contribution is 5.59. The second kappa shape index (κ2) is 5.03. The molecule has 0 saturated carbocycles. The van der Waals surface area contributed by atoms with Crippen molar-refractivity contribution in [3.8, 4) is 5.75 Å². The molecule has 1 aromatic rings. The molecule has 0 amide bonds. The van der Waals surface area contributed by atoms with Crippen LogP contribution in [0, 0.1) is 0 Å². The zero-order chi connectivity index (χ0) is 10.5. The molecule has 1 aliphatic rings. The molecule has 2 N–H and O–H groups in total. The predicted molar refractivity (Wildman–Crippen MR) is 62.4 cm³/mol. The molecule has 1 heterocycles. The Labute approximate surface area is 90.8 Å². The van der Waals surface area contributed by atoms with Gasteiger partial charge in [-0.25, -0.2) is 0 Å². The number of nitrogens with zero attached hydrogens (tertiary/aromatic N) is 1. The summed E-state index contributed by atoms with van der Waals surface area (Å²) in [6, 6.07) is 8.23. The van der Waals surface area contributed by atoms with E-state index in [-0.39, 0.29) is 0 Å². The highest BCUT2D eigenvalue weighted by Crippen LogP contribution is 2.30. The van der Waals surface area contributed by atoms with Crippen LogP contribution in [-0.2, 0) is 0 Å². The minimum absolute atomic E-state index is 0.784. The van der Waals surface area contributed by atoms with Crippen molar-refractivity contribution in [2.45, 2.75) is 12.8 Å². The van der Waals surface area contributed by atoms with Crippen molar-refractivity contribution in [2.75, 3.05) is 31.1 Å². The molecule has 0 fully saturated rings. The van der Waals surface area contributed by atoms with Crippen molar-refractivity contribution < 1.29 is 4.74 Å². The van der Waals surface area contributed by atoms with E-state index >= 15 is 0 Å². The minimum atomic E-state index is 0.784. The number of anilines is 1.